The van der Waals surface area contributed by atoms with E-state index in [2.05, 4.69) is 42.3 Å². The molecule has 0 atom stereocenters. The van der Waals surface area contributed by atoms with E-state index < -0.39 is 0 Å². The Kier molecular flexibility index (Phi) is 4.37. The molecule has 1 saturated heterocycles. The minimum Gasteiger partial charge on any atom is -0.466 e. The maximum Gasteiger partial charge on any atom is 0.0660 e. The highest BCUT2D eigenvalue weighted by molar-refractivity contribution is 5.14. The molecular weight excluding hydrogens is 196 g/mol. The van der Waals surface area contributed by atoms with Crippen molar-refractivity contribution in [1.29, 1.82) is 0 Å². The topological polar surface area (TPSA) is 7.68 Å². The quantitative estimate of drug-likeness (QED) is 0.728. The first-order valence-electron chi connectivity index (χ1n) is 6.27. The van der Waals surface area contributed by atoms with Crippen LogP contribution < -0.4 is 4.90 Å². The minimum absolute atomic E-state index is 1.20. The van der Waals surface area contributed by atoms with Crippen LogP contribution in [0.3, 0.4) is 0 Å². The minimum atomic E-state index is 1.20. The van der Waals surface area contributed by atoms with E-state index in [0.29, 0.717) is 0 Å². The number of benzene rings is 1. The van der Waals surface area contributed by atoms with Gasteiger partial charge in [-0.2, -0.15) is 7.05 Å². The molecule has 0 saturated carbocycles. The second-order valence-electron chi connectivity index (χ2n) is 4.68. The Hall–Kier alpha value is -0.860. The van der Waals surface area contributed by atoms with E-state index in [1.165, 1.54) is 56.0 Å². The number of hydrogen-bond donors (Lipinski definition) is 1. The lowest BCUT2D eigenvalue weighted by atomic mass is 10.1. The van der Waals surface area contributed by atoms with Crippen LogP contribution in [0.2, 0.25) is 0 Å². The summed E-state index contributed by atoms with van der Waals surface area (Å²) in [5.41, 5.74) is 1.46. The van der Waals surface area contributed by atoms with Crippen molar-refractivity contribution in [2.24, 2.45) is 0 Å². The fourth-order valence-electron chi connectivity index (χ4n) is 2.24. The van der Waals surface area contributed by atoms with E-state index in [0.717, 1.165) is 0 Å². The van der Waals surface area contributed by atoms with Crippen LogP contribution in [0.1, 0.15) is 12.0 Å². The van der Waals surface area contributed by atoms with Gasteiger partial charge in [-0.3, -0.25) is 4.90 Å². The van der Waals surface area contributed by atoms with E-state index in [-0.39, 0.29) is 0 Å². The van der Waals surface area contributed by atoms with Gasteiger partial charge < -0.3 is 4.90 Å². The summed E-state index contributed by atoms with van der Waals surface area (Å²) in [4.78, 5) is 4.00. The Morgan fingerprint density at radius 3 is 2.50 bits per heavy atom. The van der Waals surface area contributed by atoms with Crippen LogP contribution in [0.5, 0.6) is 0 Å². The third kappa shape index (κ3) is 3.62. The van der Waals surface area contributed by atoms with Crippen LogP contribution >= 0.6 is 0 Å². The number of aryl methyl sites for hydroxylation is 1. The number of rotatable bonds is 4. The Morgan fingerprint density at radius 1 is 1.12 bits per heavy atom. The summed E-state index contributed by atoms with van der Waals surface area (Å²) in [7, 11) is 4.05. The van der Waals surface area contributed by atoms with Crippen LogP contribution in [0.15, 0.2) is 30.3 Å². The maximum atomic E-state index is 4.05. The van der Waals surface area contributed by atoms with Crippen molar-refractivity contribution in [3.05, 3.63) is 42.9 Å². The summed E-state index contributed by atoms with van der Waals surface area (Å²) in [5.74, 6) is 0. The van der Waals surface area contributed by atoms with Crippen LogP contribution in [0.4, 0.5) is 0 Å². The van der Waals surface area contributed by atoms with Gasteiger partial charge in [0.1, 0.15) is 0 Å². The van der Waals surface area contributed by atoms with E-state index in [9.17, 15) is 0 Å². The van der Waals surface area contributed by atoms with E-state index in [1.54, 1.807) is 0 Å². The van der Waals surface area contributed by atoms with E-state index >= 15 is 0 Å². The van der Waals surface area contributed by atoms with Crippen LogP contribution in [0.25, 0.3) is 0 Å². The van der Waals surface area contributed by atoms with Crippen molar-refractivity contribution < 1.29 is 4.90 Å². The van der Waals surface area contributed by atoms with Gasteiger partial charge in [0.25, 0.3) is 0 Å². The molecule has 2 rings (SSSR count). The summed E-state index contributed by atoms with van der Waals surface area (Å²) < 4.78 is 0. The fraction of sp³-hybridized carbons (Fsp3) is 0.500. The van der Waals surface area contributed by atoms with Gasteiger partial charge in [-0.1, -0.05) is 30.3 Å². The van der Waals surface area contributed by atoms with Gasteiger partial charge in [-0.05, 0) is 24.9 Å². The molecule has 0 bridgehead atoms. The predicted octanol–water partition coefficient (Wildman–Crippen LogP) is 0.611. The zero-order chi connectivity index (χ0) is 11.2. The van der Waals surface area contributed by atoms with Crippen LogP contribution in [-0.2, 0) is 6.42 Å². The second kappa shape index (κ2) is 6.02. The predicted molar refractivity (Wildman–Crippen MR) is 67.3 cm³/mol. The number of quaternary nitrogens is 1. The van der Waals surface area contributed by atoms with Crippen molar-refractivity contribution in [3.63, 3.8) is 0 Å². The largest absolute Gasteiger partial charge is 0.466 e. The van der Waals surface area contributed by atoms with Gasteiger partial charge in [0, 0.05) is 13.1 Å². The smallest absolute Gasteiger partial charge is 0.0660 e. The molecule has 0 aliphatic carbocycles. The highest BCUT2D eigenvalue weighted by atomic mass is 15.2. The zero-order valence-electron chi connectivity index (χ0n) is 9.99. The number of hydrogen-bond acceptors (Lipinski definition) is 1. The molecule has 1 heterocycles. The SMILES string of the molecule is [CH2-][NH+]1CCN(CCCc2ccccc2)CC1. The molecule has 88 valence electrons. The number of nitrogens with zero attached hydrogens (tertiary/aromatic N) is 1. The van der Waals surface area contributed by atoms with Gasteiger partial charge >= 0.3 is 0 Å². The monoisotopic (exact) mass is 218 g/mol. The average Bonchev–Trinajstić information content (AvgIpc) is 2.33. The molecular formula is C14H22N2. The summed E-state index contributed by atoms with van der Waals surface area (Å²) in [5, 5.41) is 0. The van der Waals surface area contributed by atoms with E-state index in [4.69, 9.17) is 0 Å². The van der Waals surface area contributed by atoms with Crippen LogP contribution in [-0.4, -0.2) is 37.6 Å². The standard InChI is InChI=1S/C14H22N2/c1-15-10-12-16(13-11-15)9-5-8-14-6-3-2-4-7-14/h2-4,6-7,15H,1,5,8-13H2. The van der Waals surface area contributed by atoms with Crippen molar-refractivity contribution in [3.8, 4) is 0 Å². The molecule has 2 heteroatoms. The van der Waals surface area contributed by atoms with Crippen molar-refractivity contribution in [2.45, 2.75) is 12.8 Å². The first kappa shape index (κ1) is 11.6. The first-order valence-corrected chi connectivity index (χ1v) is 6.27. The molecule has 0 radical (unpaired) electrons. The van der Waals surface area contributed by atoms with Crippen LogP contribution in [0, 0.1) is 7.05 Å². The Morgan fingerprint density at radius 2 is 1.81 bits per heavy atom. The summed E-state index contributed by atoms with van der Waals surface area (Å²) in [6, 6.07) is 10.8. The molecule has 1 N–H and O–H groups in total. The lowest BCUT2D eigenvalue weighted by Crippen LogP contribution is -3.10. The highest BCUT2D eigenvalue weighted by Crippen LogP contribution is 2.03. The third-order valence-electron chi connectivity index (χ3n) is 3.35. The molecule has 1 fully saturated rings. The Labute approximate surface area is 98.9 Å². The lowest BCUT2D eigenvalue weighted by Gasteiger charge is -2.33. The van der Waals surface area contributed by atoms with Gasteiger partial charge in [0.2, 0.25) is 0 Å². The fourth-order valence-corrected chi connectivity index (χ4v) is 2.24. The number of piperazine rings is 1. The summed E-state index contributed by atoms with van der Waals surface area (Å²) in [6.07, 6.45) is 2.48. The molecule has 1 aliphatic rings. The summed E-state index contributed by atoms with van der Waals surface area (Å²) >= 11 is 0. The number of nitrogens with one attached hydrogen (secondary N) is 1. The zero-order valence-corrected chi connectivity index (χ0v) is 9.99. The van der Waals surface area contributed by atoms with Crippen molar-refractivity contribution >= 4 is 0 Å². The second-order valence-corrected chi connectivity index (χ2v) is 4.68. The Balaban J connectivity index is 1.65. The first-order chi connectivity index (χ1) is 7.84. The van der Waals surface area contributed by atoms with Gasteiger partial charge in [-0.15, -0.1) is 0 Å². The average molecular weight is 218 g/mol. The molecule has 16 heavy (non-hydrogen) atoms. The van der Waals surface area contributed by atoms with Gasteiger partial charge in [0.05, 0.1) is 13.1 Å². The normalized spacial score (nSPS) is 18.8. The molecule has 0 unspecified atom stereocenters. The lowest BCUT2D eigenvalue weighted by molar-refractivity contribution is -0.858. The molecule has 0 aromatic heterocycles. The maximum absolute atomic E-state index is 4.05. The summed E-state index contributed by atoms with van der Waals surface area (Å²) in [6.45, 7) is 6.07. The van der Waals surface area contributed by atoms with Gasteiger partial charge in [0.15, 0.2) is 0 Å². The third-order valence-corrected chi connectivity index (χ3v) is 3.35. The molecule has 1 aromatic carbocycles. The Bertz CT molecular complexity index is 289. The molecule has 2 nitrogen and oxygen atoms in total. The van der Waals surface area contributed by atoms with Crippen molar-refractivity contribution in [2.75, 3.05) is 32.7 Å². The molecule has 1 aliphatic heterocycles. The highest BCUT2D eigenvalue weighted by Gasteiger charge is 2.12. The van der Waals surface area contributed by atoms with Crippen molar-refractivity contribution in [1.82, 2.24) is 4.90 Å². The van der Waals surface area contributed by atoms with Gasteiger partial charge in [-0.25, -0.2) is 0 Å². The molecule has 0 spiro atoms. The molecule has 1 aromatic rings. The molecule has 0 amide bonds. The van der Waals surface area contributed by atoms with E-state index in [1.807, 2.05) is 0 Å².